The molecular formula is C11H15NO5. The van der Waals surface area contributed by atoms with Crippen LogP contribution in [0.5, 0.6) is 0 Å². The van der Waals surface area contributed by atoms with Crippen molar-refractivity contribution in [3.05, 3.63) is 5.70 Å². The quantitative estimate of drug-likeness (QED) is 0.539. The number of ether oxygens (including phenoxy) is 2. The highest BCUT2D eigenvalue weighted by molar-refractivity contribution is 5.89. The smallest absolute Gasteiger partial charge is 0.309 e. The van der Waals surface area contributed by atoms with Crippen molar-refractivity contribution in [2.45, 2.75) is 32.3 Å². The molecule has 1 atom stereocenters. The molecule has 1 N–H and O–H groups in total. The normalized spacial score (nSPS) is 23.2. The van der Waals surface area contributed by atoms with Crippen molar-refractivity contribution >= 4 is 17.8 Å². The predicted molar refractivity (Wildman–Crippen MR) is 57.6 cm³/mol. The molecule has 6 heteroatoms. The van der Waals surface area contributed by atoms with E-state index < -0.39 is 11.6 Å². The Balaban J connectivity index is 2.92. The van der Waals surface area contributed by atoms with E-state index in [0.717, 1.165) is 0 Å². The van der Waals surface area contributed by atoms with Gasteiger partial charge in [0.1, 0.15) is 17.2 Å². The number of amides is 1. The average molecular weight is 241 g/mol. The average Bonchev–Trinajstić information content (AvgIpc) is 2.55. The lowest BCUT2D eigenvalue weighted by Crippen LogP contribution is -2.36. The Kier molecular flexibility index (Phi) is 4.43. The molecule has 1 aliphatic heterocycles. The fourth-order valence-electron chi connectivity index (χ4n) is 1.81. The zero-order chi connectivity index (χ0) is 12.9. The van der Waals surface area contributed by atoms with Gasteiger partial charge in [0.15, 0.2) is 0 Å². The van der Waals surface area contributed by atoms with Crippen molar-refractivity contribution in [1.29, 1.82) is 0 Å². The molecule has 0 aliphatic carbocycles. The summed E-state index contributed by atoms with van der Waals surface area (Å²) < 4.78 is 10.2. The van der Waals surface area contributed by atoms with Crippen LogP contribution in [0.3, 0.4) is 0 Å². The summed E-state index contributed by atoms with van der Waals surface area (Å²) in [5, 5.41) is 2.35. The van der Waals surface area contributed by atoms with Crippen LogP contribution in [0.1, 0.15) is 26.7 Å². The van der Waals surface area contributed by atoms with Crippen LogP contribution >= 0.6 is 0 Å². The molecule has 0 aromatic rings. The van der Waals surface area contributed by atoms with Crippen LogP contribution in [-0.4, -0.2) is 36.6 Å². The largest absolute Gasteiger partial charge is 0.466 e. The summed E-state index contributed by atoms with van der Waals surface area (Å²) in [6.45, 7) is 3.92. The first kappa shape index (κ1) is 13.4. The summed E-state index contributed by atoms with van der Waals surface area (Å²) in [6.07, 6.45) is -0.234. The first-order valence-electron chi connectivity index (χ1n) is 5.43. The van der Waals surface area contributed by atoms with Crippen LogP contribution in [0.15, 0.2) is 5.70 Å². The highest BCUT2D eigenvalue weighted by Gasteiger charge is 2.47. The highest BCUT2D eigenvalue weighted by atomic mass is 16.5. The third-order valence-electron chi connectivity index (χ3n) is 2.42. The van der Waals surface area contributed by atoms with Gasteiger partial charge in [0.05, 0.1) is 19.4 Å². The van der Waals surface area contributed by atoms with Crippen LogP contribution < -0.4 is 5.32 Å². The summed E-state index contributed by atoms with van der Waals surface area (Å²) >= 11 is 0. The summed E-state index contributed by atoms with van der Waals surface area (Å²) in [5.74, 6) is 0.750. The van der Waals surface area contributed by atoms with Crippen molar-refractivity contribution in [2.24, 2.45) is 0 Å². The molecule has 0 aromatic carbocycles. The molecule has 1 rings (SSSR count). The minimum atomic E-state index is -1.24. The first-order chi connectivity index (χ1) is 8.07. The number of hydrogen-bond donors (Lipinski definition) is 1. The van der Waals surface area contributed by atoms with Crippen molar-refractivity contribution in [3.8, 4) is 0 Å². The first-order valence-corrected chi connectivity index (χ1v) is 5.43. The zero-order valence-electron chi connectivity index (χ0n) is 9.87. The maximum atomic E-state index is 11.5. The van der Waals surface area contributed by atoms with Crippen LogP contribution in [0.2, 0.25) is 0 Å². The topological polar surface area (TPSA) is 81.7 Å². The van der Waals surface area contributed by atoms with Crippen LogP contribution in [-0.2, 0) is 23.9 Å². The molecular weight excluding hydrogens is 226 g/mol. The Morgan fingerprint density at radius 1 is 1.47 bits per heavy atom. The van der Waals surface area contributed by atoms with E-state index in [2.05, 4.69) is 5.32 Å². The van der Waals surface area contributed by atoms with Gasteiger partial charge in [-0.25, -0.2) is 4.79 Å². The van der Waals surface area contributed by atoms with E-state index in [4.69, 9.17) is 9.47 Å². The second-order valence-electron chi connectivity index (χ2n) is 3.61. The minimum absolute atomic E-state index is 0.0302. The molecule has 0 saturated carbocycles. The molecule has 17 heavy (non-hydrogen) atoms. The van der Waals surface area contributed by atoms with Crippen molar-refractivity contribution in [2.75, 3.05) is 13.2 Å². The molecule has 1 saturated heterocycles. The van der Waals surface area contributed by atoms with E-state index in [1.165, 1.54) is 0 Å². The molecule has 1 unspecified atom stereocenters. The molecule has 94 valence electrons. The van der Waals surface area contributed by atoms with E-state index in [0.29, 0.717) is 0 Å². The SMILES string of the molecule is CCOC(=O)CC1(OCC)CC(=O)NC1=C=O. The lowest BCUT2D eigenvalue weighted by atomic mass is 9.95. The lowest BCUT2D eigenvalue weighted by Gasteiger charge is -2.25. The van der Waals surface area contributed by atoms with E-state index in [1.54, 1.807) is 19.8 Å². The second kappa shape index (κ2) is 5.61. The monoisotopic (exact) mass is 241 g/mol. The summed E-state index contributed by atoms with van der Waals surface area (Å²) in [6, 6.07) is 0. The molecule has 1 aliphatic rings. The molecule has 6 nitrogen and oxygen atoms in total. The van der Waals surface area contributed by atoms with E-state index in [-0.39, 0.29) is 37.7 Å². The van der Waals surface area contributed by atoms with Gasteiger partial charge in [-0.2, -0.15) is 0 Å². The highest BCUT2D eigenvalue weighted by Crippen LogP contribution is 2.32. The fraction of sp³-hybridized carbons (Fsp3) is 0.636. The Hall–Kier alpha value is -1.65. The van der Waals surface area contributed by atoms with Crippen LogP contribution in [0, 0.1) is 0 Å². The van der Waals surface area contributed by atoms with Gasteiger partial charge in [-0.15, -0.1) is 0 Å². The van der Waals surface area contributed by atoms with Crippen molar-refractivity contribution < 1.29 is 23.9 Å². The van der Waals surface area contributed by atoms with Gasteiger partial charge >= 0.3 is 5.97 Å². The van der Waals surface area contributed by atoms with Crippen molar-refractivity contribution in [3.63, 3.8) is 0 Å². The predicted octanol–water partition coefficient (Wildman–Crippen LogP) is -0.0497. The molecule has 1 fully saturated rings. The summed E-state index contributed by atoms with van der Waals surface area (Å²) in [5.41, 5.74) is -1.27. The molecule has 0 radical (unpaired) electrons. The Bertz CT molecular complexity index is 372. The van der Waals surface area contributed by atoms with Gasteiger partial charge in [0, 0.05) is 6.61 Å². The van der Waals surface area contributed by atoms with E-state index in [1.807, 2.05) is 0 Å². The third kappa shape index (κ3) is 2.93. The maximum absolute atomic E-state index is 11.5. The number of nitrogens with one attached hydrogen (secondary N) is 1. The van der Waals surface area contributed by atoms with Crippen LogP contribution in [0.25, 0.3) is 0 Å². The van der Waals surface area contributed by atoms with Gasteiger partial charge in [-0.1, -0.05) is 0 Å². The van der Waals surface area contributed by atoms with E-state index >= 15 is 0 Å². The number of rotatable bonds is 5. The number of carbonyl (C=O) groups excluding carboxylic acids is 3. The Morgan fingerprint density at radius 3 is 2.71 bits per heavy atom. The molecule has 1 heterocycles. The Morgan fingerprint density at radius 2 is 2.18 bits per heavy atom. The van der Waals surface area contributed by atoms with Gasteiger partial charge in [0.25, 0.3) is 0 Å². The molecule has 1 amide bonds. The molecule has 0 aromatic heterocycles. The fourth-order valence-corrected chi connectivity index (χ4v) is 1.81. The summed E-state index contributed by atoms with van der Waals surface area (Å²) in [4.78, 5) is 33.5. The van der Waals surface area contributed by atoms with Crippen LogP contribution in [0.4, 0.5) is 0 Å². The zero-order valence-corrected chi connectivity index (χ0v) is 9.87. The van der Waals surface area contributed by atoms with Gasteiger partial charge in [0.2, 0.25) is 5.91 Å². The van der Waals surface area contributed by atoms with Gasteiger partial charge in [-0.3, -0.25) is 9.59 Å². The van der Waals surface area contributed by atoms with Crippen molar-refractivity contribution in [1.82, 2.24) is 5.32 Å². The Labute approximate surface area is 99.0 Å². The lowest BCUT2D eigenvalue weighted by molar-refractivity contribution is -0.149. The summed E-state index contributed by atoms with van der Waals surface area (Å²) in [7, 11) is 0. The number of carbonyl (C=O) groups is 2. The minimum Gasteiger partial charge on any atom is -0.466 e. The van der Waals surface area contributed by atoms with Gasteiger partial charge in [-0.05, 0) is 13.8 Å². The van der Waals surface area contributed by atoms with E-state index in [9.17, 15) is 14.4 Å². The second-order valence-corrected chi connectivity index (χ2v) is 3.61. The number of esters is 1. The molecule has 0 spiro atoms. The number of hydrogen-bond acceptors (Lipinski definition) is 5. The molecule has 0 bridgehead atoms. The van der Waals surface area contributed by atoms with Gasteiger partial charge < -0.3 is 14.8 Å². The third-order valence-corrected chi connectivity index (χ3v) is 2.42. The maximum Gasteiger partial charge on any atom is 0.309 e. The standard InChI is InChI=1S/C11H15NO5/c1-3-16-10(15)6-11(17-4-2)5-9(14)12-8(11)7-13/h3-6H2,1-2H3,(H,12,14).